The van der Waals surface area contributed by atoms with Gasteiger partial charge in [-0.05, 0) is 17.2 Å². The van der Waals surface area contributed by atoms with Crippen LogP contribution in [0.1, 0.15) is 11.1 Å². The summed E-state index contributed by atoms with van der Waals surface area (Å²) in [5.74, 6) is 0.601. The second-order valence-electron chi connectivity index (χ2n) is 5.99. The Morgan fingerprint density at radius 1 is 1.13 bits per heavy atom. The molecular formula is C19H16ClNO2. The van der Waals surface area contributed by atoms with E-state index in [0.717, 1.165) is 21.9 Å². The highest BCUT2D eigenvalue weighted by molar-refractivity contribution is 6.34. The van der Waals surface area contributed by atoms with Crippen molar-refractivity contribution in [3.05, 3.63) is 70.7 Å². The van der Waals surface area contributed by atoms with Crippen LogP contribution in [0.15, 0.2) is 54.6 Å². The van der Waals surface area contributed by atoms with Gasteiger partial charge in [0, 0.05) is 22.9 Å². The second-order valence-corrected chi connectivity index (χ2v) is 6.39. The first kappa shape index (κ1) is 14.4. The van der Waals surface area contributed by atoms with Crippen LogP contribution in [0.25, 0.3) is 10.8 Å². The Morgan fingerprint density at radius 3 is 2.70 bits per heavy atom. The van der Waals surface area contributed by atoms with Gasteiger partial charge in [0.2, 0.25) is 0 Å². The molecule has 3 N–H and O–H groups in total. The molecule has 3 aromatic rings. The maximum atomic E-state index is 11.3. The molecule has 0 aliphatic carbocycles. The Balaban J connectivity index is 1.93. The molecule has 0 spiro atoms. The van der Waals surface area contributed by atoms with Crippen molar-refractivity contribution in [2.75, 3.05) is 12.3 Å². The highest BCUT2D eigenvalue weighted by Gasteiger charge is 2.37. The highest BCUT2D eigenvalue weighted by Crippen LogP contribution is 2.46. The van der Waals surface area contributed by atoms with Crippen LogP contribution in [-0.2, 0) is 12.0 Å². The van der Waals surface area contributed by atoms with Gasteiger partial charge in [-0.1, -0.05) is 60.1 Å². The molecule has 4 heteroatoms. The van der Waals surface area contributed by atoms with Gasteiger partial charge < -0.3 is 15.6 Å². The van der Waals surface area contributed by atoms with Crippen molar-refractivity contribution >= 4 is 28.1 Å². The van der Waals surface area contributed by atoms with Crippen LogP contribution >= 0.6 is 11.6 Å². The van der Waals surface area contributed by atoms with Gasteiger partial charge >= 0.3 is 0 Å². The molecule has 0 fully saturated rings. The largest absolute Gasteiger partial charge is 0.488 e. The van der Waals surface area contributed by atoms with Crippen molar-refractivity contribution in [2.24, 2.45) is 0 Å². The lowest BCUT2D eigenvalue weighted by molar-refractivity contribution is -0.0129. The van der Waals surface area contributed by atoms with Crippen molar-refractivity contribution in [3.8, 4) is 5.75 Å². The minimum atomic E-state index is -1.11. The molecule has 3 nitrogen and oxygen atoms in total. The SMILES string of the molecule is Nc1cc(Cl)c2c3c(cccc13)C(O)(Cc1ccccc1)CO2. The van der Waals surface area contributed by atoms with Crippen molar-refractivity contribution in [3.63, 3.8) is 0 Å². The fraction of sp³-hybridized carbons (Fsp3) is 0.158. The predicted octanol–water partition coefficient (Wildman–Crippen LogP) is 3.90. The number of hydrogen-bond acceptors (Lipinski definition) is 3. The molecule has 0 amide bonds. The second kappa shape index (κ2) is 5.15. The van der Waals surface area contributed by atoms with Crippen molar-refractivity contribution < 1.29 is 9.84 Å². The minimum absolute atomic E-state index is 0.164. The Labute approximate surface area is 139 Å². The summed E-state index contributed by atoms with van der Waals surface area (Å²) in [7, 11) is 0. The molecule has 23 heavy (non-hydrogen) atoms. The van der Waals surface area contributed by atoms with E-state index in [1.54, 1.807) is 6.07 Å². The Bertz CT molecular complexity index is 895. The van der Waals surface area contributed by atoms with E-state index in [2.05, 4.69) is 0 Å². The standard InChI is InChI=1S/C19H16ClNO2/c20-15-9-16(21)13-7-4-8-14-17(13)18(15)23-11-19(14,22)10-12-5-2-1-3-6-12/h1-9,22H,10-11,21H2. The summed E-state index contributed by atoms with van der Waals surface area (Å²) in [6.07, 6.45) is 0.471. The van der Waals surface area contributed by atoms with Crippen LogP contribution in [0.2, 0.25) is 5.02 Å². The van der Waals surface area contributed by atoms with Crippen molar-refractivity contribution in [1.29, 1.82) is 0 Å². The van der Waals surface area contributed by atoms with Crippen molar-refractivity contribution in [1.82, 2.24) is 0 Å². The van der Waals surface area contributed by atoms with Gasteiger partial charge in [-0.15, -0.1) is 0 Å². The maximum Gasteiger partial charge on any atom is 0.146 e. The van der Waals surface area contributed by atoms with E-state index < -0.39 is 5.60 Å². The van der Waals surface area contributed by atoms with Gasteiger partial charge in [0.1, 0.15) is 18.0 Å². The molecule has 1 unspecified atom stereocenters. The fourth-order valence-electron chi connectivity index (χ4n) is 3.31. The molecule has 1 atom stereocenters. The summed E-state index contributed by atoms with van der Waals surface area (Å²) in [4.78, 5) is 0. The Hall–Kier alpha value is -2.23. The van der Waals surface area contributed by atoms with E-state index in [1.807, 2.05) is 48.5 Å². The summed E-state index contributed by atoms with van der Waals surface area (Å²) in [6.45, 7) is 0.164. The summed E-state index contributed by atoms with van der Waals surface area (Å²) in [5, 5.41) is 13.4. The molecule has 116 valence electrons. The lowest BCUT2D eigenvalue weighted by Gasteiger charge is -2.35. The third-order valence-electron chi connectivity index (χ3n) is 4.40. The van der Waals surface area contributed by atoms with E-state index in [9.17, 15) is 5.11 Å². The van der Waals surface area contributed by atoms with Gasteiger partial charge in [0.05, 0.1) is 5.02 Å². The van der Waals surface area contributed by atoms with Crippen LogP contribution < -0.4 is 10.5 Å². The van der Waals surface area contributed by atoms with Crippen LogP contribution in [0, 0.1) is 0 Å². The first-order valence-electron chi connectivity index (χ1n) is 7.49. The maximum absolute atomic E-state index is 11.3. The zero-order chi connectivity index (χ0) is 16.0. The van der Waals surface area contributed by atoms with Crippen LogP contribution in [0.3, 0.4) is 0 Å². The minimum Gasteiger partial charge on any atom is -0.488 e. The van der Waals surface area contributed by atoms with Gasteiger partial charge in [0.15, 0.2) is 0 Å². The molecule has 0 radical (unpaired) electrons. The average Bonchev–Trinajstić information content (AvgIpc) is 2.55. The molecule has 0 bridgehead atoms. The number of halogens is 1. The monoisotopic (exact) mass is 325 g/mol. The average molecular weight is 326 g/mol. The summed E-state index contributed by atoms with van der Waals surface area (Å²) >= 11 is 6.28. The number of ether oxygens (including phenoxy) is 1. The van der Waals surface area contributed by atoms with Crippen molar-refractivity contribution in [2.45, 2.75) is 12.0 Å². The van der Waals surface area contributed by atoms with E-state index in [0.29, 0.717) is 22.9 Å². The highest BCUT2D eigenvalue weighted by atomic mass is 35.5. The number of aliphatic hydroxyl groups is 1. The van der Waals surface area contributed by atoms with E-state index >= 15 is 0 Å². The van der Waals surface area contributed by atoms with Gasteiger partial charge in [-0.3, -0.25) is 0 Å². The summed E-state index contributed by atoms with van der Waals surface area (Å²) < 4.78 is 5.83. The Morgan fingerprint density at radius 2 is 1.91 bits per heavy atom. The molecule has 1 heterocycles. The zero-order valence-corrected chi connectivity index (χ0v) is 13.2. The lowest BCUT2D eigenvalue weighted by Crippen LogP contribution is -2.38. The summed E-state index contributed by atoms with van der Waals surface area (Å²) in [6, 6.07) is 17.3. The molecule has 3 aromatic carbocycles. The zero-order valence-electron chi connectivity index (χ0n) is 12.4. The number of nitrogens with two attached hydrogens (primary N) is 1. The smallest absolute Gasteiger partial charge is 0.146 e. The lowest BCUT2D eigenvalue weighted by atomic mass is 9.83. The molecule has 0 saturated heterocycles. The molecule has 4 rings (SSSR count). The third-order valence-corrected chi connectivity index (χ3v) is 4.68. The van der Waals surface area contributed by atoms with E-state index in [-0.39, 0.29) is 6.61 Å². The van der Waals surface area contributed by atoms with E-state index in [1.165, 1.54) is 0 Å². The number of hydrogen-bond donors (Lipinski definition) is 2. The predicted molar refractivity (Wildman–Crippen MR) is 92.9 cm³/mol. The van der Waals surface area contributed by atoms with Crippen LogP contribution in [-0.4, -0.2) is 11.7 Å². The van der Waals surface area contributed by atoms with Gasteiger partial charge in [-0.2, -0.15) is 0 Å². The van der Waals surface area contributed by atoms with Gasteiger partial charge in [-0.25, -0.2) is 0 Å². The normalized spacial score (nSPS) is 19.6. The van der Waals surface area contributed by atoms with Crippen LogP contribution in [0.5, 0.6) is 5.75 Å². The van der Waals surface area contributed by atoms with Gasteiger partial charge in [0.25, 0.3) is 0 Å². The third kappa shape index (κ3) is 2.24. The molecule has 1 aliphatic heterocycles. The quantitative estimate of drug-likeness (QED) is 0.703. The Kier molecular flexibility index (Phi) is 3.22. The fourth-order valence-corrected chi connectivity index (χ4v) is 3.58. The number of nitrogen functional groups attached to an aromatic ring is 1. The topological polar surface area (TPSA) is 55.5 Å². The first-order chi connectivity index (χ1) is 11.1. The number of anilines is 1. The molecular weight excluding hydrogens is 310 g/mol. The number of benzene rings is 3. The first-order valence-corrected chi connectivity index (χ1v) is 7.86. The molecule has 0 saturated carbocycles. The molecule has 1 aliphatic rings. The van der Waals surface area contributed by atoms with Crippen LogP contribution in [0.4, 0.5) is 5.69 Å². The molecule has 0 aromatic heterocycles. The summed E-state index contributed by atoms with van der Waals surface area (Å²) in [5.41, 5.74) is 7.44. The van der Waals surface area contributed by atoms with E-state index in [4.69, 9.17) is 22.1 Å². The number of rotatable bonds is 2.